The maximum absolute atomic E-state index is 4.55. The Bertz CT molecular complexity index is 502. The number of hydrogen-bond donors (Lipinski definition) is 1. The highest BCUT2D eigenvalue weighted by Gasteiger charge is 2.33. The number of thiazole rings is 1. The van der Waals surface area contributed by atoms with Crippen molar-refractivity contribution in [1.82, 2.24) is 10.3 Å². The van der Waals surface area contributed by atoms with Crippen molar-refractivity contribution in [3.05, 3.63) is 52.0 Å². The first-order valence-electron chi connectivity index (χ1n) is 6.52. The Labute approximate surface area is 112 Å². The molecule has 0 spiro atoms. The largest absolute Gasteiger partial charge is 0.304 e. The molecule has 3 heteroatoms. The Morgan fingerprint density at radius 2 is 2.11 bits per heavy atom. The molecule has 3 rings (SSSR count). The summed E-state index contributed by atoms with van der Waals surface area (Å²) in [5.74, 6) is 0.791. The van der Waals surface area contributed by atoms with Crippen LogP contribution in [0.15, 0.2) is 36.5 Å². The van der Waals surface area contributed by atoms with Crippen molar-refractivity contribution >= 4 is 11.3 Å². The monoisotopic (exact) mass is 258 g/mol. The van der Waals surface area contributed by atoms with Gasteiger partial charge in [0.15, 0.2) is 0 Å². The van der Waals surface area contributed by atoms with E-state index >= 15 is 0 Å². The lowest BCUT2D eigenvalue weighted by molar-refractivity contribution is 0.478. The number of rotatable bonds is 5. The first-order chi connectivity index (χ1) is 8.83. The fourth-order valence-electron chi connectivity index (χ4n) is 2.22. The highest BCUT2D eigenvalue weighted by molar-refractivity contribution is 7.11. The molecule has 0 saturated heterocycles. The van der Waals surface area contributed by atoms with Gasteiger partial charge in [-0.2, -0.15) is 0 Å². The molecule has 1 atom stereocenters. The predicted molar refractivity (Wildman–Crippen MR) is 75.6 cm³/mol. The van der Waals surface area contributed by atoms with Crippen molar-refractivity contribution in [3.63, 3.8) is 0 Å². The van der Waals surface area contributed by atoms with E-state index in [0.29, 0.717) is 6.04 Å². The van der Waals surface area contributed by atoms with Crippen LogP contribution in [0.1, 0.15) is 34.3 Å². The van der Waals surface area contributed by atoms with Crippen molar-refractivity contribution in [2.45, 2.75) is 32.4 Å². The van der Waals surface area contributed by atoms with E-state index < -0.39 is 0 Å². The van der Waals surface area contributed by atoms with Gasteiger partial charge in [0.05, 0.1) is 6.04 Å². The number of hydrogen-bond acceptors (Lipinski definition) is 3. The van der Waals surface area contributed by atoms with E-state index in [9.17, 15) is 0 Å². The minimum Gasteiger partial charge on any atom is -0.304 e. The first-order valence-corrected chi connectivity index (χ1v) is 7.34. The lowest BCUT2D eigenvalue weighted by atomic mass is 10.1. The zero-order valence-electron chi connectivity index (χ0n) is 10.6. The number of aryl methyl sites for hydroxylation is 1. The Morgan fingerprint density at radius 3 is 2.72 bits per heavy atom. The Balaban J connectivity index is 1.68. The van der Waals surface area contributed by atoms with E-state index in [2.05, 4.69) is 47.6 Å². The van der Waals surface area contributed by atoms with Gasteiger partial charge in [0.2, 0.25) is 0 Å². The van der Waals surface area contributed by atoms with E-state index in [1.54, 1.807) is 0 Å². The molecule has 1 heterocycles. The van der Waals surface area contributed by atoms with Crippen LogP contribution >= 0.6 is 11.3 Å². The van der Waals surface area contributed by atoms with Crippen molar-refractivity contribution < 1.29 is 0 Å². The van der Waals surface area contributed by atoms with Gasteiger partial charge in [0, 0.05) is 17.6 Å². The molecular weight excluding hydrogens is 240 g/mol. The minimum absolute atomic E-state index is 0.448. The van der Waals surface area contributed by atoms with Crippen LogP contribution < -0.4 is 5.32 Å². The molecule has 1 aliphatic rings. The Morgan fingerprint density at radius 1 is 1.33 bits per heavy atom. The Kier molecular flexibility index (Phi) is 3.43. The van der Waals surface area contributed by atoms with Gasteiger partial charge in [-0.1, -0.05) is 30.3 Å². The van der Waals surface area contributed by atoms with Crippen LogP contribution in [0, 0.1) is 12.8 Å². The second kappa shape index (κ2) is 5.21. The summed E-state index contributed by atoms with van der Waals surface area (Å²) in [4.78, 5) is 5.85. The summed E-state index contributed by atoms with van der Waals surface area (Å²) in [6.45, 7) is 3.06. The van der Waals surface area contributed by atoms with Gasteiger partial charge in [-0.15, -0.1) is 11.3 Å². The van der Waals surface area contributed by atoms with Gasteiger partial charge in [0.1, 0.15) is 5.01 Å². The fraction of sp³-hybridized carbons (Fsp3) is 0.400. The summed E-state index contributed by atoms with van der Waals surface area (Å²) >= 11 is 1.83. The third kappa shape index (κ3) is 2.79. The normalized spacial score (nSPS) is 16.7. The van der Waals surface area contributed by atoms with Gasteiger partial charge in [-0.25, -0.2) is 4.98 Å². The van der Waals surface area contributed by atoms with Crippen LogP contribution in [0.2, 0.25) is 0 Å². The molecule has 0 bridgehead atoms. The quantitative estimate of drug-likeness (QED) is 0.884. The molecular formula is C15H18N2S. The third-order valence-electron chi connectivity index (χ3n) is 3.37. The molecule has 1 aromatic carbocycles. The van der Waals surface area contributed by atoms with Crippen molar-refractivity contribution in [2.75, 3.05) is 0 Å². The molecule has 1 aliphatic carbocycles. The number of nitrogens with zero attached hydrogens (tertiary/aromatic N) is 1. The van der Waals surface area contributed by atoms with Gasteiger partial charge >= 0.3 is 0 Å². The molecule has 94 valence electrons. The van der Waals surface area contributed by atoms with E-state index in [0.717, 1.165) is 12.5 Å². The number of benzene rings is 1. The lowest BCUT2D eigenvalue weighted by Gasteiger charge is -2.15. The zero-order chi connectivity index (χ0) is 12.4. The molecule has 1 fully saturated rings. The average molecular weight is 258 g/mol. The average Bonchev–Trinajstić information content (AvgIpc) is 3.14. The maximum atomic E-state index is 4.55. The summed E-state index contributed by atoms with van der Waals surface area (Å²) < 4.78 is 0. The lowest BCUT2D eigenvalue weighted by Crippen LogP contribution is -2.22. The van der Waals surface area contributed by atoms with Crippen LogP contribution in [-0.2, 0) is 6.54 Å². The van der Waals surface area contributed by atoms with Gasteiger partial charge in [0.25, 0.3) is 0 Å². The Hall–Kier alpha value is -1.19. The topological polar surface area (TPSA) is 24.9 Å². The summed E-state index contributed by atoms with van der Waals surface area (Å²) in [6, 6.07) is 11.0. The molecule has 1 N–H and O–H groups in total. The molecule has 2 nitrogen and oxygen atoms in total. The SMILES string of the molecule is Cc1cnc(C(NCc2ccccc2)C2CC2)s1. The molecule has 1 aromatic heterocycles. The fourth-order valence-corrected chi connectivity index (χ4v) is 3.17. The summed E-state index contributed by atoms with van der Waals surface area (Å²) in [5.41, 5.74) is 1.34. The van der Waals surface area contributed by atoms with Crippen molar-refractivity contribution in [3.8, 4) is 0 Å². The molecule has 1 saturated carbocycles. The van der Waals surface area contributed by atoms with E-state index in [1.165, 1.54) is 28.3 Å². The van der Waals surface area contributed by atoms with Crippen molar-refractivity contribution in [1.29, 1.82) is 0 Å². The van der Waals surface area contributed by atoms with Crippen LogP contribution in [-0.4, -0.2) is 4.98 Å². The third-order valence-corrected chi connectivity index (χ3v) is 4.36. The van der Waals surface area contributed by atoms with Gasteiger partial charge < -0.3 is 5.32 Å². The van der Waals surface area contributed by atoms with E-state index in [1.807, 2.05) is 17.5 Å². The first kappa shape index (κ1) is 11.9. The van der Waals surface area contributed by atoms with Crippen molar-refractivity contribution in [2.24, 2.45) is 5.92 Å². The molecule has 2 aromatic rings. The maximum Gasteiger partial charge on any atom is 0.110 e. The van der Waals surface area contributed by atoms with Gasteiger partial charge in [-0.05, 0) is 31.2 Å². The van der Waals surface area contributed by atoms with Crippen LogP contribution in [0.5, 0.6) is 0 Å². The number of aromatic nitrogens is 1. The summed E-state index contributed by atoms with van der Waals surface area (Å²) in [6.07, 6.45) is 4.66. The van der Waals surface area contributed by atoms with Crippen LogP contribution in [0.4, 0.5) is 0 Å². The summed E-state index contributed by atoms with van der Waals surface area (Å²) in [5, 5.41) is 4.93. The molecule has 0 aliphatic heterocycles. The predicted octanol–water partition coefficient (Wildman–Crippen LogP) is 3.69. The highest BCUT2D eigenvalue weighted by Crippen LogP contribution is 2.42. The second-order valence-corrected chi connectivity index (χ2v) is 6.26. The van der Waals surface area contributed by atoms with E-state index in [4.69, 9.17) is 0 Å². The molecule has 18 heavy (non-hydrogen) atoms. The van der Waals surface area contributed by atoms with E-state index in [-0.39, 0.29) is 0 Å². The number of nitrogens with one attached hydrogen (secondary N) is 1. The van der Waals surface area contributed by atoms with Crippen LogP contribution in [0.3, 0.4) is 0 Å². The highest BCUT2D eigenvalue weighted by atomic mass is 32.1. The standard InChI is InChI=1S/C15H18N2S/c1-11-9-17-15(18-11)14(13-7-8-13)16-10-12-5-3-2-4-6-12/h2-6,9,13-14,16H,7-8,10H2,1H3. The molecule has 0 amide bonds. The zero-order valence-corrected chi connectivity index (χ0v) is 11.4. The summed E-state index contributed by atoms with van der Waals surface area (Å²) in [7, 11) is 0. The molecule has 1 unspecified atom stereocenters. The smallest absolute Gasteiger partial charge is 0.110 e. The van der Waals surface area contributed by atoms with Crippen LogP contribution in [0.25, 0.3) is 0 Å². The minimum atomic E-state index is 0.448. The van der Waals surface area contributed by atoms with Gasteiger partial charge in [-0.3, -0.25) is 0 Å². The molecule has 0 radical (unpaired) electrons. The second-order valence-electron chi connectivity index (χ2n) is 4.99.